The van der Waals surface area contributed by atoms with Gasteiger partial charge < -0.3 is 5.73 Å². The minimum absolute atomic E-state index is 0.375. The van der Waals surface area contributed by atoms with E-state index in [4.69, 9.17) is 5.73 Å². The molecule has 21 heavy (non-hydrogen) atoms. The molecule has 0 spiro atoms. The van der Waals surface area contributed by atoms with Crippen LogP contribution in [-0.2, 0) is 12.8 Å². The molecule has 4 nitrogen and oxygen atoms in total. The van der Waals surface area contributed by atoms with E-state index in [0.29, 0.717) is 11.5 Å². The number of hydrogen-bond acceptors (Lipinski definition) is 4. The van der Waals surface area contributed by atoms with Gasteiger partial charge in [-0.1, -0.05) is 13.0 Å². The van der Waals surface area contributed by atoms with Gasteiger partial charge in [-0.15, -0.1) is 11.3 Å². The summed E-state index contributed by atoms with van der Waals surface area (Å²) in [5.74, 6) is 0.285. The lowest BCUT2D eigenvalue weighted by Crippen LogP contribution is -2.16. The zero-order valence-electron chi connectivity index (χ0n) is 11.9. The van der Waals surface area contributed by atoms with Crippen LogP contribution in [0.2, 0.25) is 0 Å². The molecular weight excluding hydrogens is 282 g/mol. The van der Waals surface area contributed by atoms with E-state index >= 15 is 0 Å². The molecule has 3 rings (SSSR count). The van der Waals surface area contributed by atoms with Crippen molar-refractivity contribution >= 4 is 28.5 Å². The minimum atomic E-state index is -0.375. The van der Waals surface area contributed by atoms with Crippen LogP contribution < -0.4 is 5.73 Å². The van der Waals surface area contributed by atoms with Crippen molar-refractivity contribution < 1.29 is 4.79 Å². The molecule has 0 aliphatic heterocycles. The molecule has 2 heterocycles. The number of amides is 1. The van der Waals surface area contributed by atoms with Crippen molar-refractivity contribution in [3.8, 4) is 0 Å². The van der Waals surface area contributed by atoms with E-state index in [-0.39, 0.29) is 5.91 Å². The van der Waals surface area contributed by atoms with Crippen LogP contribution in [-0.4, -0.2) is 17.1 Å². The zero-order chi connectivity index (χ0) is 14.8. The molecule has 108 valence electrons. The third-order valence-electron chi connectivity index (χ3n) is 3.75. The van der Waals surface area contributed by atoms with Gasteiger partial charge in [0.2, 0.25) is 0 Å². The van der Waals surface area contributed by atoms with E-state index in [1.807, 2.05) is 12.1 Å². The fraction of sp³-hybridized carbons (Fsp3) is 0.312. The maximum Gasteiger partial charge on any atom is 0.252 e. The predicted octanol–water partition coefficient (Wildman–Crippen LogP) is 3.12. The van der Waals surface area contributed by atoms with Gasteiger partial charge in [-0.05, 0) is 36.8 Å². The molecule has 1 amide bonds. The number of aliphatic imine (C=N–C) groups is 1. The number of primary amides is 1. The first kappa shape index (κ1) is 13.9. The first-order valence-corrected chi connectivity index (χ1v) is 7.85. The highest BCUT2D eigenvalue weighted by atomic mass is 32.1. The second-order valence-electron chi connectivity index (χ2n) is 5.44. The van der Waals surface area contributed by atoms with Gasteiger partial charge in [-0.3, -0.25) is 9.78 Å². The number of aromatic nitrogens is 1. The Morgan fingerprint density at radius 3 is 3.14 bits per heavy atom. The predicted molar refractivity (Wildman–Crippen MR) is 85.5 cm³/mol. The van der Waals surface area contributed by atoms with E-state index in [0.717, 1.165) is 35.4 Å². The Morgan fingerprint density at radius 2 is 2.43 bits per heavy atom. The van der Waals surface area contributed by atoms with Crippen LogP contribution in [0.1, 0.15) is 39.7 Å². The highest BCUT2D eigenvalue weighted by Crippen LogP contribution is 2.40. The normalized spacial score (nSPS) is 17.9. The molecule has 0 aromatic carbocycles. The Kier molecular flexibility index (Phi) is 3.84. The largest absolute Gasteiger partial charge is 0.365 e. The molecule has 1 atom stereocenters. The van der Waals surface area contributed by atoms with Gasteiger partial charge in [0.1, 0.15) is 5.00 Å². The summed E-state index contributed by atoms with van der Waals surface area (Å²) in [4.78, 5) is 21.6. The first-order chi connectivity index (χ1) is 10.1. The topological polar surface area (TPSA) is 68.3 Å². The minimum Gasteiger partial charge on any atom is -0.365 e. The van der Waals surface area contributed by atoms with Crippen molar-refractivity contribution in [2.24, 2.45) is 16.6 Å². The van der Waals surface area contributed by atoms with Gasteiger partial charge in [0, 0.05) is 29.0 Å². The lowest BCUT2D eigenvalue weighted by molar-refractivity contribution is 0.1000. The van der Waals surface area contributed by atoms with Crippen LogP contribution in [0.4, 0.5) is 5.00 Å². The zero-order valence-corrected chi connectivity index (χ0v) is 12.7. The van der Waals surface area contributed by atoms with Crippen molar-refractivity contribution in [3.05, 3.63) is 46.1 Å². The number of nitrogens with zero attached hydrogens (tertiary/aromatic N) is 2. The molecule has 2 aromatic rings. The maximum atomic E-state index is 11.8. The van der Waals surface area contributed by atoms with Gasteiger partial charge in [-0.25, -0.2) is 4.99 Å². The second-order valence-corrected chi connectivity index (χ2v) is 6.52. The van der Waals surface area contributed by atoms with E-state index in [9.17, 15) is 4.79 Å². The lowest BCUT2D eigenvalue weighted by atomic mass is 9.88. The Morgan fingerprint density at radius 1 is 1.57 bits per heavy atom. The van der Waals surface area contributed by atoms with Gasteiger partial charge in [-0.2, -0.15) is 0 Å². The van der Waals surface area contributed by atoms with Gasteiger partial charge in [0.05, 0.1) is 5.56 Å². The van der Waals surface area contributed by atoms with Crippen LogP contribution >= 0.6 is 11.3 Å². The first-order valence-electron chi connectivity index (χ1n) is 7.03. The van der Waals surface area contributed by atoms with Crippen molar-refractivity contribution in [3.63, 3.8) is 0 Å². The average molecular weight is 299 g/mol. The van der Waals surface area contributed by atoms with Crippen molar-refractivity contribution in [2.45, 2.75) is 26.2 Å². The Bertz CT molecular complexity index is 691. The number of rotatable bonds is 3. The summed E-state index contributed by atoms with van der Waals surface area (Å²) in [5.41, 5.74) is 8.21. The van der Waals surface area contributed by atoms with Gasteiger partial charge >= 0.3 is 0 Å². The third kappa shape index (κ3) is 2.88. The summed E-state index contributed by atoms with van der Waals surface area (Å²) in [6.07, 6.45) is 8.24. The molecule has 0 saturated heterocycles. The molecule has 0 bridgehead atoms. The van der Waals surface area contributed by atoms with Crippen molar-refractivity contribution in [1.29, 1.82) is 0 Å². The van der Waals surface area contributed by atoms with Gasteiger partial charge in [0.15, 0.2) is 0 Å². The van der Waals surface area contributed by atoms with Crippen molar-refractivity contribution in [1.82, 2.24) is 4.98 Å². The second kappa shape index (κ2) is 5.77. The fourth-order valence-electron chi connectivity index (χ4n) is 2.67. The summed E-state index contributed by atoms with van der Waals surface area (Å²) in [6.45, 7) is 2.24. The molecule has 0 radical (unpaired) electrons. The van der Waals surface area contributed by atoms with Gasteiger partial charge in [0.25, 0.3) is 5.91 Å². The maximum absolute atomic E-state index is 11.8. The number of fused-ring (bicyclic) bond motifs is 1. The third-order valence-corrected chi connectivity index (χ3v) is 4.92. The average Bonchev–Trinajstić information content (AvgIpc) is 2.83. The highest BCUT2D eigenvalue weighted by molar-refractivity contribution is 7.16. The molecule has 2 aromatic heterocycles. The van der Waals surface area contributed by atoms with Crippen LogP contribution in [0.5, 0.6) is 0 Å². The molecule has 5 heteroatoms. The highest BCUT2D eigenvalue weighted by Gasteiger charge is 2.26. The Balaban J connectivity index is 1.98. The Hall–Kier alpha value is -2.01. The smallest absolute Gasteiger partial charge is 0.252 e. The van der Waals surface area contributed by atoms with Crippen molar-refractivity contribution in [2.75, 3.05) is 0 Å². The van der Waals surface area contributed by atoms with E-state index < -0.39 is 0 Å². The van der Waals surface area contributed by atoms with E-state index in [1.165, 1.54) is 4.88 Å². The number of hydrogen-bond donors (Lipinski definition) is 1. The number of pyridine rings is 1. The van der Waals surface area contributed by atoms with Crippen LogP contribution in [0, 0.1) is 5.92 Å². The van der Waals surface area contributed by atoms with Crippen LogP contribution in [0.3, 0.4) is 0 Å². The standard InChI is InChI=1S/C16H17N3OS/c1-10-4-5-12-13(7-10)21-16(14(12)15(17)20)19-9-11-3-2-6-18-8-11/h2-3,6,8-10H,4-5,7H2,1H3,(H2,17,20)/b19-9+. The molecular formula is C16H17N3OS. The summed E-state index contributed by atoms with van der Waals surface area (Å²) < 4.78 is 0. The summed E-state index contributed by atoms with van der Waals surface area (Å²) in [5, 5.41) is 0.727. The molecule has 2 N–H and O–H groups in total. The summed E-state index contributed by atoms with van der Waals surface area (Å²) >= 11 is 1.59. The number of carbonyl (C=O) groups excluding carboxylic acids is 1. The molecule has 0 fully saturated rings. The summed E-state index contributed by atoms with van der Waals surface area (Å²) in [6, 6.07) is 3.79. The molecule has 1 aliphatic carbocycles. The summed E-state index contributed by atoms with van der Waals surface area (Å²) in [7, 11) is 0. The number of thiophene rings is 1. The molecule has 1 aliphatic rings. The van der Waals surface area contributed by atoms with Crippen LogP contribution in [0.15, 0.2) is 29.5 Å². The fourth-order valence-corrected chi connectivity index (χ4v) is 4.03. The SMILES string of the molecule is CC1CCc2c(sc(/N=C/c3cccnc3)c2C(N)=O)C1. The Labute approximate surface area is 127 Å². The monoisotopic (exact) mass is 299 g/mol. The van der Waals surface area contributed by atoms with E-state index in [2.05, 4.69) is 16.9 Å². The molecule has 0 saturated carbocycles. The van der Waals surface area contributed by atoms with Crippen LogP contribution in [0.25, 0.3) is 0 Å². The van der Waals surface area contributed by atoms with E-state index in [1.54, 1.807) is 29.9 Å². The number of carbonyl (C=O) groups is 1. The number of nitrogens with two attached hydrogens (primary N) is 1. The lowest BCUT2D eigenvalue weighted by Gasteiger charge is -2.18. The molecule has 1 unspecified atom stereocenters. The quantitative estimate of drug-likeness (QED) is 0.885.